The molecule has 1 aromatic rings. The van der Waals surface area contributed by atoms with Crippen molar-refractivity contribution in [3.63, 3.8) is 0 Å². The van der Waals surface area contributed by atoms with Gasteiger partial charge in [0.1, 0.15) is 0 Å². The largest absolute Gasteiger partial charge is 0.338 e. The van der Waals surface area contributed by atoms with Gasteiger partial charge in [0.15, 0.2) is 0 Å². The molecule has 1 aromatic carbocycles. The predicted molar refractivity (Wildman–Crippen MR) is 89.6 cm³/mol. The summed E-state index contributed by atoms with van der Waals surface area (Å²) in [6, 6.07) is 10.5. The van der Waals surface area contributed by atoms with Crippen LogP contribution in [0.3, 0.4) is 0 Å². The molecule has 1 N–H and O–H groups in total. The SMILES string of the molecule is CC(C)C(c1ccccc1)N(C)C(=O)C1CCNCC1.Cl. The molecule has 0 radical (unpaired) electrons. The first-order valence-electron chi connectivity index (χ1n) is 7.63. The van der Waals surface area contributed by atoms with Gasteiger partial charge in [-0.15, -0.1) is 12.4 Å². The molecule has 2 rings (SSSR count). The lowest BCUT2D eigenvalue weighted by Gasteiger charge is -2.35. The third-order valence-electron chi connectivity index (χ3n) is 4.23. The Labute approximate surface area is 134 Å². The first kappa shape index (κ1) is 18.0. The molecular formula is C17H27ClN2O. The van der Waals surface area contributed by atoms with Gasteiger partial charge in [-0.25, -0.2) is 0 Å². The van der Waals surface area contributed by atoms with E-state index in [1.54, 1.807) is 0 Å². The summed E-state index contributed by atoms with van der Waals surface area (Å²) in [4.78, 5) is 14.7. The number of piperidine rings is 1. The maximum Gasteiger partial charge on any atom is 0.226 e. The second kappa shape index (κ2) is 8.40. The van der Waals surface area contributed by atoms with Gasteiger partial charge in [0, 0.05) is 13.0 Å². The number of rotatable bonds is 4. The summed E-state index contributed by atoms with van der Waals surface area (Å²) < 4.78 is 0. The third kappa shape index (κ3) is 4.45. The Morgan fingerprint density at radius 3 is 2.29 bits per heavy atom. The molecule has 21 heavy (non-hydrogen) atoms. The summed E-state index contributed by atoms with van der Waals surface area (Å²) in [6.45, 7) is 6.29. The number of amides is 1. The first-order valence-corrected chi connectivity index (χ1v) is 7.63. The van der Waals surface area contributed by atoms with Crippen molar-refractivity contribution in [2.24, 2.45) is 11.8 Å². The van der Waals surface area contributed by atoms with Crippen LogP contribution in [0.4, 0.5) is 0 Å². The average molecular weight is 311 g/mol. The lowest BCUT2D eigenvalue weighted by Crippen LogP contribution is -2.42. The Kier molecular flexibility index (Phi) is 7.20. The number of hydrogen-bond donors (Lipinski definition) is 1. The van der Waals surface area contributed by atoms with Crippen molar-refractivity contribution in [1.29, 1.82) is 0 Å². The Morgan fingerprint density at radius 1 is 1.19 bits per heavy atom. The maximum absolute atomic E-state index is 12.7. The zero-order chi connectivity index (χ0) is 14.5. The number of nitrogens with one attached hydrogen (secondary N) is 1. The highest BCUT2D eigenvalue weighted by Gasteiger charge is 2.30. The molecule has 3 nitrogen and oxygen atoms in total. The Morgan fingerprint density at radius 2 is 1.76 bits per heavy atom. The summed E-state index contributed by atoms with van der Waals surface area (Å²) in [5, 5.41) is 3.32. The summed E-state index contributed by atoms with van der Waals surface area (Å²) in [5.41, 5.74) is 1.23. The summed E-state index contributed by atoms with van der Waals surface area (Å²) in [5.74, 6) is 0.897. The van der Waals surface area contributed by atoms with Gasteiger partial charge in [0.2, 0.25) is 5.91 Å². The quantitative estimate of drug-likeness (QED) is 0.926. The fraction of sp³-hybridized carbons (Fsp3) is 0.588. The van der Waals surface area contributed by atoms with E-state index < -0.39 is 0 Å². The molecule has 1 aliphatic rings. The van der Waals surface area contributed by atoms with Gasteiger partial charge in [-0.2, -0.15) is 0 Å². The number of nitrogens with zero attached hydrogens (tertiary/aromatic N) is 1. The van der Waals surface area contributed by atoms with E-state index in [2.05, 4.69) is 31.3 Å². The van der Waals surface area contributed by atoms with Crippen LogP contribution >= 0.6 is 12.4 Å². The molecule has 1 amide bonds. The van der Waals surface area contributed by atoms with E-state index in [-0.39, 0.29) is 24.4 Å². The van der Waals surface area contributed by atoms with Crippen molar-refractivity contribution in [1.82, 2.24) is 10.2 Å². The van der Waals surface area contributed by atoms with E-state index in [9.17, 15) is 4.79 Å². The highest BCUT2D eigenvalue weighted by molar-refractivity contribution is 5.85. The second-order valence-electron chi connectivity index (χ2n) is 6.07. The molecule has 1 unspecified atom stereocenters. The van der Waals surface area contributed by atoms with Crippen LogP contribution in [-0.4, -0.2) is 30.9 Å². The van der Waals surface area contributed by atoms with E-state index in [1.807, 2.05) is 30.1 Å². The minimum absolute atomic E-state index is 0. The van der Waals surface area contributed by atoms with E-state index >= 15 is 0 Å². The monoisotopic (exact) mass is 310 g/mol. The minimum atomic E-state index is 0. The normalized spacial score (nSPS) is 17.1. The topological polar surface area (TPSA) is 32.3 Å². The van der Waals surface area contributed by atoms with Crippen LogP contribution < -0.4 is 5.32 Å². The fourth-order valence-electron chi connectivity index (χ4n) is 3.20. The van der Waals surface area contributed by atoms with Crippen LogP contribution in [0.2, 0.25) is 0 Å². The van der Waals surface area contributed by atoms with Crippen molar-refractivity contribution in [2.75, 3.05) is 20.1 Å². The molecule has 0 saturated carbocycles. The number of halogens is 1. The smallest absolute Gasteiger partial charge is 0.226 e. The first-order chi connectivity index (χ1) is 9.61. The molecule has 4 heteroatoms. The van der Waals surface area contributed by atoms with E-state index in [1.165, 1.54) is 5.56 Å². The fourth-order valence-corrected chi connectivity index (χ4v) is 3.20. The summed E-state index contributed by atoms with van der Waals surface area (Å²) in [6.07, 6.45) is 1.92. The van der Waals surface area contributed by atoms with Gasteiger partial charge in [0.25, 0.3) is 0 Å². The zero-order valence-electron chi connectivity index (χ0n) is 13.2. The molecule has 118 valence electrons. The molecule has 1 heterocycles. The lowest BCUT2D eigenvalue weighted by molar-refractivity contribution is -0.138. The van der Waals surface area contributed by atoms with Crippen LogP contribution in [-0.2, 0) is 4.79 Å². The van der Waals surface area contributed by atoms with Gasteiger partial charge in [-0.3, -0.25) is 4.79 Å². The molecule has 0 aromatic heterocycles. The van der Waals surface area contributed by atoms with Crippen LogP contribution in [0.15, 0.2) is 30.3 Å². The molecule has 1 fully saturated rings. The van der Waals surface area contributed by atoms with Crippen LogP contribution in [0, 0.1) is 11.8 Å². The number of carbonyl (C=O) groups is 1. The van der Waals surface area contributed by atoms with E-state index in [0.717, 1.165) is 25.9 Å². The average Bonchev–Trinajstić information content (AvgIpc) is 2.48. The van der Waals surface area contributed by atoms with Crippen molar-refractivity contribution in [2.45, 2.75) is 32.7 Å². The molecule has 1 aliphatic heterocycles. The third-order valence-corrected chi connectivity index (χ3v) is 4.23. The van der Waals surface area contributed by atoms with Crippen molar-refractivity contribution in [3.05, 3.63) is 35.9 Å². The van der Waals surface area contributed by atoms with Crippen LogP contribution in [0.1, 0.15) is 38.3 Å². The maximum atomic E-state index is 12.7. The number of carbonyl (C=O) groups excluding carboxylic acids is 1. The number of benzene rings is 1. The Hall–Kier alpha value is -1.06. The highest BCUT2D eigenvalue weighted by atomic mass is 35.5. The van der Waals surface area contributed by atoms with Crippen molar-refractivity contribution < 1.29 is 4.79 Å². The molecule has 0 spiro atoms. The van der Waals surface area contributed by atoms with Crippen LogP contribution in [0.5, 0.6) is 0 Å². The number of hydrogen-bond acceptors (Lipinski definition) is 2. The Balaban J connectivity index is 0.00000220. The standard InChI is InChI=1S/C17H26N2O.ClH/c1-13(2)16(14-7-5-4-6-8-14)19(3)17(20)15-9-11-18-12-10-15;/h4-8,13,15-16,18H,9-12H2,1-3H3;1H. The molecule has 1 atom stereocenters. The van der Waals surface area contributed by atoms with Crippen LogP contribution in [0.25, 0.3) is 0 Å². The van der Waals surface area contributed by atoms with Gasteiger partial charge in [-0.05, 0) is 37.4 Å². The summed E-state index contributed by atoms with van der Waals surface area (Å²) >= 11 is 0. The van der Waals surface area contributed by atoms with Gasteiger partial charge in [0.05, 0.1) is 6.04 Å². The van der Waals surface area contributed by atoms with E-state index in [0.29, 0.717) is 11.8 Å². The van der Waals surface area contributed by atoms with Gasteiger partial charge in [-0.1, -0.05) is 44.2 Å². The lowest BCUT2D eigenvalue weighted by atomic mass is 9.91. The molecule has 0 aliphatic carbocycles. The summed E-state index contributed by atoms with van der Waals surface area (Å²) in [7, 11) is 1.96. The molecular weight excluding hydrogens is 284 g/mol. The predicted octanol–water partition coefficient (Wildman–Crippen LogP) is 3.26. The van der Waals surface area contributed by atoms with Crippen molar-refractivity contribution >= 4 is 18.3 Å². The minimum Gasteiger partial charge on any atom is -0.338 e. The van der Waals surface area contributed by atoms with E-state index in [4.69, 9.17) is 0 Å². The Bertz CT molecular complexity index is 430. The van der Waals surface area contributed by atoms with Gasteiger partial charge >= 0.3 is 0 Å². The zero-order valence-corrected chi connectivity index (χ0v) is 14.0. The van der Waals surface area contributed by atoms with Gasteiger partial charge < -0.3 is 10.2 Å². The molecule has 1 saturated heterocycles. The highest BCUT2D eigenvalue weighted by Crippen LogP contribution is 2.29. The van der Waals surface area contributed by atoms with Crippen molar-refractivity contribution in [3.8, 4) is 0 Å². The second-order valence-corrected chi connectivity index (χ2v) is 6.07. The molecule has 0 bridgehead atoms.